The summed E-state index contributed by atoms with van der Waals surface area (Å²) < 4.78 is 16.0. The number of nitrogens with zero attached hydrogens (tertiary/aromatic N) is 1. The van der Waals surface area contributed by atoms with Crippen LogP contribution in [0.3, 0.4) is 0 Å². The molecule has 2 unspecified atom stereocenters. The Bertz CT molecular complexity index is 919. The lowest BCUT2D eigenvalue weighted by atomic mass is 10.0. The molecule has 2 aromatic carbocycles. The van der Waals surface area contributed by atoms with E-state index in [1.165, 1.54) is 0 Å². The fourth-order valence-electron chi connectivity index (χ4n) is 3.51. The zero-order chi connectivity index (χ0) is 22.4. The van der Waals surface area contributed by atoms with E-state index in [-0.39, 0.29) is 17.9 Å². The number of carbonyl (C=O) groups is 2. The molecule has 1 aliphatic heterocycles. The third kappa shape index (κ3) is 5.48. The summed E-state index contributed by atoms with van der Waals surface area (Å²) in [6.07, 6.45) is 0.468. The quantitative estimate of drug-likeness (QED) is 0.470. The van der Waals surface area contributed by atoms with Gasteiger partial charge in [0.2, 0.25) is 11.8 Å². The molecular weight excluding hydrogens is 420 g/mol. The van der Waals surface area contributed by atoms with Crippen LogP contribution in [0.4, 0.5) is 5.69 Å². The van der Waals surface area contributed by atoms with Gasteiger partial charge in [-0.1, -0.05) is 17.7 Å². The average molecular weight is 447 g/mol. The topological polar surface area (TPSA) is 77.1 Å². The maximum atomic E-state index is 12.8. The van der Waals surface area contributed by atoms with Crippen LogP contribution in [0.25, 0.3) is 0 Å². The fraction of sp³-hybridized carbons (Fsp3) is 0.391. The van der Waals surface area contributed by atoms with Gasteiger partial charge in [-0.25, -0.2) is 0 Å². The van der Waals surface area contributed by atoms with Gasteiger partial charge in [-0.05, 0) is 55.3 Å². The lowest BCUT2D eigenvalue weighted by Crippen LogP contribution is -2.38. The molecule has 31 heavy (non-hydrogen) atoms. The maximum absolute atomic E-state index is 12.8. The Balaban J connectivity index is 1.63. The molecule has 166 valence electrons. The second-order valence-electron chi connectivity index (χ2n) is 7.29. The molecule has 0 saturated carbocycles. The van der Waals surface area contributed by atoms with E-state index >= 15 is 0 Å². The van der Waals surface area contributed by atoms with Crippen LogP contribution in [-0.2, 0) is 14.3 Å². The summed E-state index contributed by atoms with van der Waals surface area (Å²) in [7, 11) is 3.17. The first-order valence-corrected chi connectivity index (χ1v) is 10.5. The molecule has 1 fully saturated rings. The second kappa shape index (κ2) is 10.5. The molecule has 2 atom stereocenters. The van der Waals surface area contributed by atoms with Crippen molar-refractivity contribution in [3.63, 3.8) is 0 Å². The number of halogens is 1. The Labute approximate surface area is 187 Å². The van der Waals surface area contributed by atoms with E-state index in [2.05, 4.69) is 5.32 Å². The first kappa shape index (κ1) is 22.9. The first-order valence-electron chi connectivity index (χ1n) is 10.1. The number of ether oxygens (including phenoxy) is 3. The summed E-state index contributed by atoms with van der Waals surface area (Å²) in [6, 6.07) is 12.2. The van der Waals surface area contributed by atoms with E-state index < -0.39 is 5.92 Å². The number of amides is 2. The average Bonchev–Trinajstić information content (AvgIpc) is 3.16. The van der Waals surface area contributed by atoms with Crippen molar-refractivity contribution in [1.82, 2.24) is 5.32 Å². The minimum Gasteiger partial charge on any atom is -0.493 e. The molecule has 0 bridgehead atoms. The lowest BCUT2D eigenvalue weighted by molar-refractivity contribution is -0.132. The molecule has 0 radical (unpaired) electrons. The highest BCUT2D eigenvalue weighted by Crippen LogP contribution is 2.31. The minimum atomic E-state index is -0.711. The van der Waals surface area contributed by atoms with E-state index in [1.807, 2.05) is 19.1 Å². The van der Waals surface area contributed by atoms with Crippen LogP contribution in [0, 0.1) is 5.92 Å². The van der Waals surface area contributed by atoms with Gasteiger partial charge in [-0.2, -0.15) is 0 Å². The van der Waals surface area contributed by atoms with E-state index in [0.29, 0.717) is 42.7 Å². The molecular formula is C23H27ClN2O5. The second-order valence-corrected chi connectivity index (χ2v) is 7.73. The number of nitrogens with one attached hydrogen (secondary N) is 1. The van der Waals surface area contributed by atoms with Gasteiger partial charge in [-0.15, -0.1) is 0 Å². The number of benzene rings is 2. The molecule has 0 spiro atoms. The molecule has 1 heterocycles. The fourth-order valence-corrected chi connectivity index (χ4v) is 3.63. The Morgan fingerprint density at radius 3 is 2.58 bits per heavy atom. The standard InChI is InChI=1S/C23H27ClN2O5/c1-15(16-4-9-20(21(14-16)30-3)31-13-12-29-2)25-22(27)19-10-11-26(23(19)28)18-7-5-17(24)6-8-18/h4-9,14-15,19H,10-13H2,1-3H3,(H,25,27). The van der Waals surface area contributed by atoms with Crippen LogP contribution in [0.2, 0.25) is 5.02 Å². The smallest absolute Gasteiger partial charge is 0.239 e. The van der Waals surface area contributed by atoms with Gasteiger partial charge in [-0.3, -0.25) is 9.59 Å². The van der Waals surface area contributed by atoms with Crippen LogP contribution < -0.4 is 19.7 Å². The molecule has 3 rings (SSSR count). The number of hydrogen-bond acceptors (Lipinski definition) is 5. The zero-order valence-corrected chi connectivity index (χ0v) is 18.6. The molecule has 1 N–H and O–H groups in total. The molecule has 2 aromatic rings. The van der Waals surface area contributed by atoms with Crippen LogP contribution >= 0.6 is 11.6 Å². The summed E-state index contributed by atoms with van der Waals surface area (Å²) >= 11 is 5.92. The van der Waals surface area contributed by atoms with Gasteiger partial charge >= 0.3 is 0 Å². The van der Waals surface area contributed by atoms with Crippen molar-refractivity contribution in [2.75, 3.05) is 38.9 Å². The normalized spacial score (nSPS) is 16.8. The Kier molecular flexibility index (Phi) is 7.76. The summed E-state index contributed by atoms with van der Waals surface area (Å²) in [6.45, 7) is 3.25. The lowest BCUT2D eigenvalue weighted by Gasteiger charge is -2.20. The van der Waals surface area contributed by atoms with Crippen molar-refractivity contribution in [3.8, 4) is 11.5 Å². The monoisotopic (exact) mass is 446 g/mol. The third-order valence-electron chi connectivity index (χ3n) is 5.25. The summed E-state index contributed by atoms with van der Waals surface area (Å²) in [5.41, 5.74) is 1.59. The predicted molar refractivity (Wildman–Crippen MR) is 119 cm³/mol. The number of methoxy groups -OCH3 is 2. The van der Waals surface area contributed by atoms with Crippen molar-refractivity contribution in [2.45, 2.75) is 19.4 Å². The predicted octanol–water partition coefficient (Wildman–Crippen LogP) is 3.60. The van der Waals surface area contributed by atoms with Crippen molar-refractivity contribution in [1.29, 1.82) is 0 Å². The highest BCUT2D eigenvalue weighted by molar-refractivity contribution is 6.30. The number of rotatable bonds is 9. The zero-order valence-electron chi connectivity index (χ0n) is 17.9. The summed E-state index contributed by atoms with van der Waals surface area (Å²) in [5.74, 6) is -0.0246. The summed E-state index contributed by atoms with van der Waals surface area (Å²) in [5, 5.41) is 3.55. The number of carbonyl (C=O) groups excluding carboxylic acids is 2. The van der Waals surface area contributed by atoms with Gasteiger partial charge in [0.05, 0.1) is 19.8 Å². The van der Waals surface area contributed by atoms with Crippen molar-refractivity contribution in [3.05, 3.63) is 53.1 Å². The van der Waals surface area contributed by atoms with Gasteiger partial charge in [0.25, 0.3) is 0 Å². The Morgan fingerprint density at radius 2 is 1.90 bits per heavy atom. The van der Waals surface area contributed by atoms with Crippen LogP contribution in [0.15, 0.2) is 42.5 Å². The van der Waals surface area contributed by atoms with Gasteiger partial charge in [0.1, 0.15) is 12.5 Å². The molecule has 1 saturated heterocycles. The van der Waals surface area contributed by atoms with Crippen molar-refractivity contribution in [2.24, 2.45) is 5.92 Å². The van der Waals surface area contributed by atoms with E-state index in [1.54, 1.807) is 49.5 Å². The molecule has 2 amide bonds. The van der Waals surface area contributed by atoms with Crippen LogP contribution in [0.1, 0.15) is 24.9 Å². The van der Waals surface area contributed by atoms with Crippen molar-refractivity contribution >= 4 is 29.1 Å². The highest BCUT2D eigenvalue weighted by atomic mass is 35.5. The van der Waals surface area contributed by atoms with Gasteiger partial charge in [0, 0.05) is 24.4 Å². The van der Waals surface area contributed by atoms with Gasteiger partial charge in [0.15, 0.2) is 11.5 Å². The molecule has 1 aliphatic rings. The Hall–Kier alpha value is -2.77. The van der Waals surface area contributed by atoms with Gasteiger partial charge < -0.3 is 24.4 Å². The molecule has 7 nitrogen and oxygen atoms in total. The molecule has 0 aromatic heterocycles. The largest absolute Gasteiger partial charge is 0.493 e. The van der Waals surface area contributed by atoms with Crippen molar-refractivity contribution < 1.29 is 23.8 Å². The SMILES string of the molecule is COCCOc1ccc(C(C)NC(=O)C2CCN(c3ccc(Cl)cc3)C2=O)cc1OC. The van der Waals surface area contributed by atoms with Crippen LogP contribution in [0.5, 0.6) is 11.5 Å². The maximum Gasteiger partial charge on any atom is 0.239 e. The number of hydrogen-bond donors (Lipinski definition) is 1. The Morgan fingerprint density at radius 1 is 1.16 bits per heavy atom. The number of anilines is 1. The third-order valence-corrected chi connectivity index (χ3v) is 5.50. The van der Waals surface area contributed by atoms with Crippen LogP contribution in [-0.4, -0.2) is 45.8 Å². The minimum absolute atomic E-state index is 0.202. The van der Waals surface area contributed by atoms with E-state index in [9.17, 15) is 9.59 Å². The first-order chi connectivity index (χ1) is 14.9. The molecule has 8 heteroatoms. The molecule has 0 aliphatic carbocycles. The van der Waals surface area contributed by atoms with E-state index in [4.69, 9.17) is 25.8 Å². The van der Waals surface area contributed by atoms with E-state index in [0.717, 1.165) is 11.3 Å². The summed E-state index contributed by atoms with van der Waals surface area (Å²) in [4.78, 5) is 27.2. The highest BCUT2D eigenvalue weighted by Gasteiger charge is 2.38.